The number of aryl methyl sites for hydroxylation is 2. The van der Waals surface area contributed by atoms with Crippen molar-refractivity contribution in [1.29, 1.82) is 0 Å². The molecule has 108 valence electrons. The highest BCUT2D eigenvalue weighted by Gasteiger charge is 2.10. The van der Waals surface area contributed by atoms with Crippen LogP contribution >= 0.6 is 15.9 Å². The Balaban J connectivity index is 2.12. The van der Waals surface area contributed by atoms with Gasteiger partial charge in [0.05, 0.1) is 18.8 Å². The summed E-state index contributed by atoms with van der Waals surface area (Å²) >= 11 is 3.50. The molecule has 1 aromatic carbocycles. The van der Waals surface area contributed by atoms with E-state index in [2.05, 4.69) is 45.4 Å². The molecule has 0 aliphatic rings. The van der Waals surface area contributed by atoms with Gasteiger partial charge in [0.25, 0.3) is 0 Å². The molecular weight excluding hydrogens is 318 g/mol. The molecule has 1 aromatic heterocycles. The van der Waals surface area contributed by atoms with Crippen LogP contribution in [-0.4, -0.2) is 21.5 Å². The van der Waals surface area contributed by atoms with Gasteiger partial charge in [-0.1, -0.05) is 15.9 Å². The molecule has 0 bridgehead atoms. The van der Waals surface area contributed by atoms with Gasteiger partial charge in [0.15, 0.2) is 0 Å². The first-order chi connectivity index (χ1) is 9.52. The van der Waals surface area contributed by atoms with Gasteiger partial charge in [0.2, 0.25) is 0 Å². The Morgan fingerprint density at radius 1 is 1.30 bits per heavy atom. The molecule has 0 aliphatic heterocycles. The fraction of sp³-hybridized carbons (Fsp3) is 0.400. The fourth-order valence-electron chi connectivity index (χ4n) is 2.25. The van der Waals surface area contributed by atoms with Crippen molar-refractivity contribution in [3.05, 3.63) is 45.2 Å². The maximum atomic E-state index is 9.03. The summed E-state index contributed by atoms with van der Waals surface area (Å²) in [7, 11) is 0. The van der Waals surface area contributed by atoms with E-state index in [0.29, 0.717) is 6.54 Å². The van der Waals surface area contributed by atoms with Crippen LogP contribution in [0.1, 0.15) is 22.5 Å². The van der Waals surface area contributed by atoms with Gasteiger partial charge in [0.1, 0.15) is 0 Å². The summed E-state index contributed by atoms with van der Waals surface area (Å²) < 4.78 is 2.98. The number of aliphatic hydroxyl groups is 1. The summed E-state index contributed by atoms with van der Waals surface area (Å²) in [6.45, 7) is 7.52. The monoisotopic (exact) mass is 337 g/mol. The Morgan fingerprint density at radius 3 is 2.70 bits per heavy atom. The average molecular weight is 338 g/mol. The van der Waals surface area contributed by atoms with E-state index in [4.69, 9.17) is 5.11 Å². The van der Waals surface area contributed by atoms with Crippen molar-refractivity contribution in [3.8, 4) is 0 Å². The second-order valence-corrected chi connectivity index (χ2v) is 5.77. The molecule has 0 aliphatic carbocycles. The third-order valence-corrected chi connectivity index (χ3v) is 4.36. The van der Waals surface area contributed by atoms with E-state index in [0.717, 1.165) is 28.1 Å². The van der Waals surface area contributed by atoms with Crippen molar-refractivity contribution in [2.75, 3.05) is 11.9 Å². The third kappa shape index (κ3) is 3.22. The Morgan fingerprint density at radius 2 is 2.05 bits per heavy atom. The van der Waals surface area contributed by atoms with Crippen molar-refractivity contribution < 1.29 is 5.11 Å². The number of halogens is 1. The number of nitrogens with zero attached hydrogens (tertiary/aromatic N) is 2. The van der Waals surface area contributed by atoms with Crippen LogP contribution in [0.4, 0.5) is 5.69 Å². The molecule has 0 amide bonds. The Kier molecular flexibility index (Phi) is 4.83. The molecule has 0 radical (unpaired) electrons. The lowest BCUT2D eigenvalue weighted by Crippen LogP contribution is -2.07. The predicted octanol–water partition coefficient (Wildman–Crippen LogP) is 3.18. The zero-order chi connectivity index (χ0) is 14.7. The van der Waals surface area contributed by atoms with E-state index < -0.39 is 0 Å². The van der Waals surface area contributed by atoms with Crippen LogP contribution in [0.2, 0.25) is 0 Å². The minimum absolute atomic E-state index is 0.112. The van der Waals surface area contributed by atoms with E-state index in [9.17, 15) is 0 Å². The van der Waals surface area contributed by atoms with Gasteiger partial charge in [-0.05, 0) is 44.5 Å². The van der Waals surface area contributed by atoms with Crippen molar-refractivity contribution in [2.45, 2.75) is 33.9 Å². The summed E-state index contributed by atoms with van der Waals surface area (Å²) in [4.78, 5) is 0. The molecule has 20 heavy (non-hydrogen) atoms. The van der Waals surface area contributed by atoms with Gasteiger partial charge in [-0.2, -0.15) is 5.10 Å². The topological polar surface area (TPSA) is 50.1 Å². The highest BCUT2D eigenvalue weighted by molar-refractivity contribution is 9.10. The Hall–Kier alpha value is -1.33. The standard InChI is InChI=1S/C15H20BrN3O/c1-10-8-13(4-5-15(10)16)17-9-14-11(2)18-19(6-7-20)12(14)3/h4-5,8,17,20H,6-7,9H2,1-3H3. The molecule has 0 saturated carbocycles. The molecule has 5 heteroatoms. The molecule has 0 atom stereocenters. The van der Waals surface area contributed by atoms with E-state index in [1.54, 1.807) is 0 Å². The number of rotatable bonds is 5. The summed E-state index contributed by atoms with van der Waals surface area (Å²) in [5, 5.41) is 16.9. The predicted molar refractivity (Wildman–Crippen MR) is 85.0 cm³/mol. The number of hydrogen-bond acceptors (Lipinski definition) is 3. The average Bonchev–Trinajstić information content (AvgIpc) is 2.67. The Labute approximate surface area is 127 Å². The molecule has 2 aromatic rings. The second-order valence-electron chi connectivity index (χ2n) is 4.91. The van der Waals surface area contributed by atoms with Gasteiger partial charge >= 0.3 is 0 Å². The molecule has 0 unspecified atom stereocenters. The molecule has 2 rings (SSSR count). The van der Waals surface area contributed by atoms with Gasteiger partial charge in [0, 0.05) is 28.0 Å². The van der Waals surface area contributed by atoms with E-state index in [-0.39, 0.29) is 6.61 Å². The van der Waals surface area contributed by atoms with Gasteiger partial charge < -0.3 is 10.4 Å². The zero-order valence-electron chi connectivity index (χ0n) is 12.1. The quantitative estimate of drug-likeness (QED) is 0.880. The number of nitrogens with one attached hydrogen (secondary N) is 1. The highest BCUT2D eigenvalue weighted by Crippen LogP contribution is 2.21. The molecule has 0 fully saturated rings. The number of hydrogen-bond donors (Lipinski definition) is 2. The second kappa shape index (κ2) is 6.41. The first kappa shape index (κ1) is 15.1. The summed E-state index contributed by atoms with van der Waals surface area (Å²) in [6.07, 6.45) is 0. The first-order valence-corrected chi connectivity index (χ1v) is 7.46. The minimum Gasteiger partial charge on any atom is -0.394 e. The van der Waals surface area contributed by atoms with Crippen LogP contribution in [0, 0.1) is 20.8 Å². The van der Waals surface area contributed by atoms with Crippen molar-refractivity contribution >= 4 is 21.6 Å². The zero-order valence-corrected chi connectivity index (χ0v) is 13.7. The SMILES string of the molecule is Cc1cc(NCc2c(C)nn(CCO)c2C)ccc1Br. The van der Waals surface area contributed by atoms with Crippen LogP contribution in [-0.2, 0) is 13.1 Å². The lowest BCUT2D eigenvalue weighted by molar-refractivity contribution is 0.268. The molecule has 0 spiro atoms. The van der Waals surface area contributed by atoms with Crippen molar-refractivity contribution in [3.63, 3.8) is 0 Å². The fourth-order valence-corrected chi connectivity index (χ4v) is 2.49. The van der Waals surface area contributed by atoms with Crippen LogP contribution in [0.15, 0.2) is 22.7 Å². The van der Waals surface area contributed by atoms with Crippen LogP contribution in [0.3, 0.4) is 0 Å². The summed E-state index contributed by atoms with van der Waals surface area (Å²) in [6, 6.07) is 6.22. The minimum atomic E-state index is 0.112. The van der Waals surface area contributed by atoms with Gasteiger partial charge in [-0.3, -0.25) is 4.68 Å². The smallest absolute Gasteiger partial charge is 0.0646 e. The highest BCUT2D eigenvalue weighted by atomic mass is 79.9. The van der Waals surface area contributed by atoms with Crippen LogP contribution in [0.25, 0.3) is 0 Å². The number of aliphatic hydroxyl groups excluding tert-OH is 1. The van der Waals surface area contributed by atoms with E-state index in [1.165, 1.54) is 11.1 Å². The molecule has 1 heterocycles. The first-order valence-electron chi connectivity index (χ1n) is 6.66. The molecule has 0 saturated heterocycles. The lowest BCUT2D eigenvalue weighted by atomic mass is 10.2. The maximum Gasteiger partial charge on any atom is 0.0646 e. The number of anilines is 1. The van der Waals surface area contributed by atoms with Crippen molar-refractivity contribution in [2.24, 2.45) is 0 Å². The van der Waals surface area contributed by atoms with Gasteiger partial charge in [-0.25, -0.2) is 0 Å². The largest absolute Gasteiger partial charge is 0.394 e. The number of benzene rings is 1. The molecular formula is C15H20BrN3O. The van der Waals surface area contributed by atoms with Gasteiger partial charge in [-0.15, -0.1) is 0 Å². The number of aromatic nitrogens is 2. The summed E-state index contributed by atoms with van der Waals surface area (Å²) in [5.41, 5.74) is 5.62. The molecule has 2 N–H and O–H groups in total. The van der Waals surface area contributed by atoms with Crippen LogP contribution < -0.4 is 5.32 Å². The normalized spacial score (nSPS) is 10.8. The van der Waals surface area contributed by atoms with Crippen LogP contribution in [0.5, 0.6) is 0 Å². The lowest BCUT2D eigenvalue weighted by Gasteiger charge is -2.09. The summed E-state index contributed by atoms with van der Waals surface area (Å²) in [5.74, 6) is 0. The Bertz CT molecular complexity index is 607. The van der Waals surface area contributed by atoms with Crippen molar-refractivity contribution in [1.82, 2.24) is 9.78 Å². The third-order valence-electron chi connectivity index (χ3n) is 3.47. The van der Waals surface area contributed by atoms with E-state index in [1.807, 2.05) is 24.6 Å². The van der Waals surface area contributed by atoms with E-state index >= 15 is 0 Å². The molecule has 4 nitrogen and oxygen atoms in total. The maximum absolute atomic E-state index is 9.03.